The molecule has 0 saturated carbocycles. The maximum atomic E-state index is 13.9. The van der Waals surface area contributed by atoms with E-state index in [0.717, 1.165) is 11.3 Å². The van der Waals surface area contributed by atoms with Crippen LogP contribution in [0.3, 0.4) is 0 Å². The third-order valence-corrected chi connectivity index (χ3v) is 4.16. The number of carbonyl (C=O) groups excluding carboxylic acids is 1. The first-order valence-corrected chi connectivity index (χ1v) is 7.95. The highest BCUT2D eigenvalue weighted by atomic mass is 19.1. The minimum absolute atomic E-state index is 0.0967. The van der Waals surface area contributed by atoms with Crippen molar-refractivity contribution in [3.8, 4) is 5.75 Å². The Kier molecular flexibility index (Phi) is 4.53. The van der Waals surface area contributed by atoms with Gasteiger partial charge in [-0.3, -0.25) is 4.79 Å². The Labute approximate surface area is 140 Å². The van der Waals surface area contributed by atoms with Gasteiger partial charge in [0.05, 0.1) is 6.61 Å². The van der Waals surface area contributed by atoms with Gasteiger partial charge in [0.1, 0.15) is 17.2 Å². The van der Waals surface area contributed by atoms with Crippen molar-refractivity contribution in [2.24, 2.45) is 0 Å². The van der Waals surface area contributed by atoms with Crippen molar-refractivity contribution >= 4 is 5.91 Å². The first kappa shape index (κ1) is 16.5. The quantitative estimate of drug-likeness (QED) is 0.886. The summed E-state index contributed by atoms with van der Waals surface area (Å²) < 4.78 is 19.9. The SMILES string of the molecule is C[C@]1(Cc2ccccc2F)Cc2cc(C(=O)NCCO)ccc2O1. The van der Waals surface area contributed by atoms with Gasteiger partial charge in [-0.2, -0.15) is 0 Å². The number of halogens is 1. The summed E-state index contributed by atoms with van der Waals surface area (Å²) in [6.07, 6.45) is 1.07. The van der Waals surface area contributed by atoms with Crippen LogP contribution in [0.15, 0.2) is 42.5 Å². The lowest BCUT2D eigenvalue weighted by Gasteiger charge is -2.24. The predicted octanol–water partition coefficient (Wildman–Crippen LogP) is 2.48. The molecule has 4 nitrogen and oxygen atoms in total. The fourth-order valence-electron chi connectivity index (χ4n) is 3.08. The summed E-state index contributed by atoms with van der Waals surface area (Å²) in [4.78, 5) is 12.0. The number of amides is 1. The van der Waals surface area contributed by atoms with E-state index in [-0.39, 0.29) is 24.9 Å². The average molecular weight is 329 g/mol. The van der Waals surface area contributed by atoms with E-state index < -0.39 is 5.60 Å². The fourth-order valence-corrected chi connectivity index (χ4v) is 3.08. The lowest BCUT2D eigenvalue weighted by Crippen LogP contribution is -2.33. The highest BCUT2D eigenvalue weighted by molar-refractivity contribution is 5.94. The Hall–Kier alpha value is -2.40. The van der Waals surface area contributed by atoms with E-state index in [1.165, 1.54) is 6.07 Å². The summed E-state index contributed by atoms with van der Waals surface area (Å²) in [5, 5.41) is 11.4. The first-order valence-electron chi connectivity index (χ1n) is 7.95. The number of hydrogen-bond donors (Lipinski definition) is 2. The van der Waals surface area contributed by atoms with Crippen LogP contribution in [-0.2, 0) is 12.8 Å². The van der Waals surface area contributed by atoms with Crippen molar-refractivity contribution < 1.29 is 19.0 Å². The van der Waals surface area contributed by atoms with Gasteiger partial charge in [0, 0.05) is 24.9 Å². The maximum Gasteiger partial charge on any atom is 0.251 e. The minimum atomic E-state index is -0.537. The molecule has 0 saturated heterocycles. The Morgan fingerprint density at radius 1 is 1.33 bits per heavy atom. The second kappa shape index (κ2) is 6.61. The lowest BCUT2D eigenvalue weighted by molar-refractivity contribution is 0.0944. The van der Waals surface area contributed by atoms with E-state index in [4.69, 9.17) is 9.84 Å². The number of nitrogens with one attached hydrogen (secondary N) is 1. The molecule has 1 atom stereocenters. The number of aliphatic hydroxyl groups is 1. The van der Waals surface area contributed by atoms with E-state index in [1.54, 1.807) is 30.3 Å². The van der Waals surface area contributed by atoms with E-state index >= 15 is 0 Å². The van der Waals surface area contributed by atoms with Gasteiger partial charge in [0.2, 0.25) is 0 Å². The minimum Gasteiger partial charge on any atom is -0.487 e. The number of hydrogen-bond acceptors (Lipinski definition) is 3. The Balaban J connectivity index is 1.76. The lowest BCUT2D eigenvalue weighted by atomic mass is 9.91. The number of aliphatic hydroxyl groups excluding tert-OH is 1. The molecule has 1 aliphatic heterocycles. The smallest absolute Gasteiger partial charge is 0.251 e. The topological polar surface area (TPSA) is 58.6 Å². The summed E-state index contributed by atoms with van der Waals surface area (Å²) in [7, 11) is 0. The second-order valence-corrected chi connectivity index (χ2v) is 6.30. The third-order valence-electron chi connectivity index (χ3n) is 4.16. The molecule has 0 fully saturated rings. The molecule has 1 heterocycles. The Morgan fingerprint density at radius 2 is 2.12 bits per heavy atom. The first-order chi connectivity index (χ1) is 11.5. The third kappa shape index (κ3) is 3.41. The van der Waals surface area contributed by atoms with Crippen molar-refractivity contribution in [3.63, 3.8) is 0 Å². The van der Waals surface area contributed by atoms with E-state index in [9.17, 15) is 9.18 Å². The van der Waals surface area contributed by atoms with E-state index in [0.29, 0.717) is 24.0 Å². The van der Waals surface area contributed by atoms with Gasteiger partial charge in [-0.15, -0.1) is 0 Å². The van der Waals surface area contributed by atoms with Gasteiger partial charge in [-0.25, -0.2) is 4.39 Å². The summed E-state index contributed by atoms with van der Waals surface area (Å²) in [6.45, 7) is 2.07. The number of benzene rings is 2. The molecular formula is C19H20FNO3. The van der Waals surface area contributed by atoms with Gasteiger partial charge >= 0.3 is 0 Å². The van der Waals surface area contributed by atoms with E-state index in [1.807, 2.05) is 13.0 Å². The largest absolute Gasteiger partial charge is 0.487 e. The zero-order chi connectivity index (χ0) is 17.2. The molecule has 1 aliphatic rings. The highest BCUT2D eigenvalue weighted by Gasteiger charge is 2.36. The van der Waals surface area contributed by atoms with Gasteiger partial charge < -0.3 is 15.2 Å². The van der Waals surface area contributed by atoms with E-state index in [2.05, 4.69) is 5.32 Å². The molecular weight excluding hydrogens is 309 g/mol. The van der Waals surface area contributed by atoms with Crippen LogP contribution in [0.5, 0.6) is 5.75 Å². The molecule has 0 aromatic heterocycles. The van der Waals surface area contributed by atoms with Crippen LogP contribution < -0.4 is 10.1 Å². The average Bonchev–Trinajstić information content (AvgIpc) is 2.89. The molecule has 0 spiro atoms. The Bertz CT molecular complexity index is 762. The summed E-state index contributed by atoms with van der Waals surface area (Å²) in [5.74, 6) is 0.268. The fraction of sp³-hybridized carbons (Fsp3) is 0.316. The molecule has 3 rings (SSSR count). The van der Waals surface area contributed by atoms with Gasteiger partial charge in [-0.05, 0) is 42.3 Å². The number of carbonyl (C=O) groups is 1. The summed E-state index contributed by atoms with van der Waals surface area (Å²) >= 11 is 0. The second-order valence-electron chi connectivity index (χ2n) is 6.30. The molecule has 5 heteroatoms. The van der Waals surface area contributed by atoms with Crippen LogP contribution in [-0.4, -0.2) is 29.8 Å². The van der Waals surface area contributed by atoms with Crippen LogP contribution in [0, 0.1) is 5.82 Å². The van der Waals surface area contributed by atoms with Crippen molar-refractivity contribution in [2.75, 3.05) is 13.2 Å². The number of ether oxygens (including phenoxy) is 1. The van der Waals surface area contributed by atoms with Crippen LogP contribution >= 0.6 is 0 Å². The summed E-state index contributed by atoms with van der Waals surface area (Å²) in [5.41, 5.74) is 1.55. The molecule has 0 unspecified atom stereocenters. The van der Waals surface area contributed by atoms with Crippen molar-refractivity contribution in [1.82, 2.24) is 5.32 Å². The van der Waals surface area contributed by atoms with Gasteiger partial charge in [-0.1, -0.05) is 18.2 Å². The van der Waals surface area contributed by atoms with Crippen molar-refractivity contribution in [1.29, 1.82) is 0 Å². The normalized spacial score (nSPS) is 18.8. The molecule has 0 aliphatic carbocycles. The highest BCUT2D eigenvalue weighted by Crippen LogP contribution is 2.37. The molecule has 0 bridgehead atoms. The van der Waals surface area contributed by atoms with Crippen LogP contribution in [0.25, 0.3) is 0 Å². The monoisotopic (exact) mass is 329 g/mol. The predicted molar refractivity (Wildman–Crippen MR) is 88.7 cm³/mol. The van der Waals surface area contributed by atoms with Crippen molar-refractivity contribution in [2.45, 2.75) is 25.4 Å². The molecule has 0 radical (unpaired) electrons. The zero-order valence-electron chi connectivity index (χ0n) is 13.5. The van der Waals surface area contributed by atoms with Gasteiger partial charge in [0.25, 0.3) is 5.91 Å². The molecule has 2 aromatic rings. The number of fused-ring (bicyclic) bond motifs is 1. The summed E-state index contributed by atoms with van der Waals surface area (Å²) in [6, 6.07) is 12.0. The number of rotatable bonds is 5. The zero-order valence-corrected chi connectivity index (χ0v) is 13.5. The van der Waals surface area contributed by atoms with Crippen LogP contribution in [0.4, 0.5) is 4.39 Å². The van der Waals surface area contributed by atoms with Crippen LogP contribution in [0.2, 0.25) is 0 Å². The van der Waals surface area contributed by atoms with Crippen molar-refractivity contribution in [3.05, 3.63) is 65.0 Å². The molecule has 1 amide bonds. The van der Waals surface area contributed by atoms with Gasteiger partial charge in [0.15, 0.2) is 0 Å². The standard InChI is InChI=1S/C19H20FNO3/c1-19(11-14-4-2-3-5-16(14)20)12-15-10-13(6-7-17(15)24-19)18(23)21-8-9-22/h2-7,10,22H,8-9,11-12H2,1H3,(H,21,23)/t19-/m0/s1. The molecule has 24 heavy (non-hydrogen) atoms. The molecule has 2 N–H and O–H groups in total. The maximum absolute atomic E-state index is 13.9. The molecule has 126 valence electrons. The Morgan fingerprint density at radius 3 is 2.88 bits per heavy atom. The molecule has 2 aromatic carbocycles. The van der Waals surface area contributed by atoms with Crippen LogP contribution in [0.1, 0.15) is 28.4 Å².